The summed E-state index contributed by atoms with van der Waals surface area (Å²) in [7, 11) is 3.53. The summed E-state index contributed by atoms with van der Waals surface area (Å²) < 4.78 is 0. The second-order valence-electron chi connectivity index (χ2n) is 7.76. The van der Waals surface area contributed by atoms with Gasteiger partial charge in [0.2, 0.25) is 0 Å². The number of hydrogen-bond donors (Lipinski definition) is 2. The Morgan fingerprint density at radius 2 is 1.83 bits per heavy atom. The van der Waals surface area contributed by atoms with E-state index in [-0.39, 0.29) is 29.9 Å². The number of nitrogens with one attached hydrogen (secondary N) is 2. The molecule has 0 aromatic heterocycles. The molecule has 2 aromatic carbocycles. The van der Waals surface area contributed by atoms with Crippen molar-refractivity contribution < 1.29 is 4.79 Å². The molecule has 0 aliphatic heterocycles. The van der Waals surface area contributed by atoms with Gasteiger partial charge in [-0.15, -0.1) is 24.0 Å². The maximum atomic E-state index is 12.0. The number of halogens is 1. The number of rotatable bonds is 6. The fourth-order valence-corrected chi connectivity index (χ4v) is 3.81. The van der Waals surface area contributed by atoms with E-state index in [1.807, 2.05) is 24.3 Å². The summed E-state index contributed by atoms with van der Waals surface area (Å²) in [6.07, 6.45) is 3.65. The third kappa shape index (κ3) is 6.45. The van der Waals surface area contributed by atoms with Gasteiger partial charge in [0.1, 0.15) is 0 Å². The first-order valence-electron chi connectivity index (χ1n) is 10.5. The van der Waals surface area contributed by atoms with Crippen molar-refractivity contribution in [2.45, 2.75) is 38.6 Å². The van der Waals surface area contributed by atoms with Crippen LogP contribution < -0.4 is 10.6 Å². The van der Waals surface area contributed by atoms with E-state index in [1.165, 1.54) is 30.4 Å². The molecule has 0 saturated carbocycles. The van der Waals surface area contributed by atoms with Gasteiger partial charge in [-0.2, -0.15) is 0 Å². The Bertz CT molecular complexity index is 849. The summed E-state index contributed by atoms with van der Waals surface area (Å²) in [6, 6.07) is 16.5. The zero-order valence-electron chi connectivity index (χ0n) is 18.1. The van der Waals surface area contributed by atoms with Gasteiger partial charge in [-0.1, -0.05) is 36.4 Å². The molecule has 30 heavy (non-hydrogen) atoms. The fourth-order valence-electron chi connectivity index (χ4n) is 3.81. The number of fused-ring (bicyclic) bond motifs is 1. The Hall–Kier alpha value is -2.09. The van der Waals surface area contributed by atoms with Crippen molar-refractivity contribution >= 4 is 35.8 Å². The van der Waals surface area contributed by atoms with Crippen molar-refractivity contribution in [3.05, 3.63) is 70.8 Å². The van der Waals surface area contributed by atoms with Gasteiger partial charge in [0.05, 0.1) is 6.54 Å². The van der Waals surface area contributed by atoms with Crippen molar-refractivity contribution in [1.82, 2.24) is 15.5 Å². The highest BCUT2D eigenvalue weighted by Gasteiger charge is 2.19. The van der Waals surface area contributed by atoms with Crippen molar-refractivity contribution in [3.63, 3.8) is 0 Å². The minimum absolute atomic E-state index is 0. The van der Waals surface area contributed by atoms with Crippen LogP contribution in [0, 0.1) is 0 Å². The lowest BCUT2D eigenvalue weighted by Crippen LogP contribution is -2.39. The molecule has 162 valence electrons. The van der Waals surface area contributed by atoms with Crippen LogP contribution in [0.5, 0.6) is 0 Å². The van der Waals surface area contributed by atoms with Crippen molar-refractivity contribution in [3.8, 4) is 0 Å². The Labute approximate surface area is 197 Å². The number of guanidine groups is 1. The van der Waals surface area contributed by atoms with Crippen molar-refractivity contribution in [1.29, 1.82) is 0 Å². The Morgan fingerprint density at radius 1 is 1.10 bits per heavy atom. The molecule has 2 aromatic rings. The highest BCUT2D eigenvalue weighted by atomic mass is 127. The maximum Gasteiger partial charge on any atom is 0.253 e. The van der Waals surface area contributed by atoms with E-state index in [1.54, 1.807) is 19.0 Å². The van der Waals surface area contributed by atoms with E-state index >= 15 is 0 Å². The van der Waals surface area contributed by atoms with Gasteiger partial charge in [0.25, 0.3) is 5.91 Å². The molecular weight excluding hydrogens is 487 g/mol. The van der Waals surface area contributed by atoms with E-state index < -0.39 is 0 Å². The fraction of sp³-hybridized carbons (Fsp3) is 0.417. The van der Waals surface area contributed by atoms with Crippen molar-refractivity contribution in [2.75, 3.05) is 27.2 Å². The number of aryl methyl sites for hydroxylation is 1. The predicted octanol–water partition coefficient (Wildman–Crippen LogP) is 4.18. The Morgan fingerprint density at radius 3 is 2.53 bits per heavy atom. The van der Waals surface area contributed by atoms with Crippen LogP contribution in [0.1, 0.15) is 52.7 Å². The molecule has 1 aliphatic rings. The molecule has 3 rings (SSSR count). The number of nitrogens with zero attached hydrogens (tertiary/aromatic N) is 2. The van der Waals surface area contributed by atoms with Gasteiger partial charge < -0.3 is 15.5 Å². The van der Waals surface area contributed by atoms with E-state index in [2.05, 4.69) is 41.8 Å². The predicted molar refractivity (Wildman–Crippen MR) is 135 cm³/mol. The average molecular weight is 520 g/mol. The number of aliphatic imine (C=N–C) groups is 1. The molecule has 0 spiro atoms. The van der Waals surface area contributed by atoms with Crippen LogP contribution in [0.2, 0.25) is 0 Å². The van der Waals surface area contributed by atoms with E-state index in [4.69, 9.17) is 4.99 Å². The molecule has 0 bridgehead atoms. The minimum atomic E-state index is 0. The first-order valence-corrected chi connectivity index (χ1v) is 10.5. The number of amides is 1. The summed E-state index contributed by atoms with van der Waals surface area (Å²) >= 11 is 0. The molecule has 0 fully saturated rings. The van der Waals surface area contributed by atoms with Gasteiger partial charge in [-0.05, 0) is 55.0 Å². The lowest BCUT2D eigenvalue weighted by molar-refractivity contribution is 0.0827. The third-order valence-corrected chi connectivity index (χ3v) is 5.38. The molecule has 1 aliphatic carbocycles. The number of benzene rings is 2. The largest absolute Gasteiger partial charge is 0.357 e. The van der Waals surface area contributed by atoms with E-state index in [9.17, 15) is 4.79 Å². The summed E-state index contributed by atoms with van der Waals surface area (Å²) in [5.74, 6) is 1.38. The summed E-state index contributed by atoms with van der Waals surface area (Å²) in [5.41, 5.74) is 4.74. The second kappa shape index (κ2) is 11.9. The monoisotopic (exact) mass is 520 g/mol. The van der Waals surface area contributed by atoms with Gasteiger partial charge in [-0.25, -0.2) is 4.99 Å². The van der Waals surface area contributed by atoms with Crippen LogP contribution in [-0.2, 0) is 13.0 Å². The van der Waals surface area contributed by atoms with Gasteiger partial charge in [-0.3, -0.25) is 4.79 Å². The van der Waals surface area contributed by atoms with Gasteiger partial charge >= 0.3 is 0 Å². The smallest absolute Gasteiger partial charge is 0.253 e. The molecule has 5 nitrogen and oxygen atoms in total. The topological polar surface area (TPSA) is 56.7 Å². The van der Waals surface area contributed by atoms with Crippen LogP contribution in [0.3, 0.4) is 0 Å². The number of hydrogen-bond acceptors (Lipinski definition) is 2. The first kappa shape index (κ1) is 24.2. The molecule has 0 saturated heterocycles. The molecule has 1 unspecified atom stereocenters. The summed E-state index contributed by atoms with van der Waals surface area (Å²) in [4.78, 5) is 18.3. The Kier molecular flexibility index (Phi) is 9.62. The highest BCUT2D eigenvalue weighted by Crippen LogP contribution is 2.30. The number of carbonyl (C=O) groups is 1. The second-order valence-corrected chi connectivity index (χ2v) is 7.76. The highest BCUT2D eigenvalue weighted by molar-refractivity contribution is 14.0. The molecule has 2 N–H and O–H groups in total. The molecule has 0 radical (unpaired) electrons. The quantitative estimate of drug-likeness (QED) is 0.342. The number of carbonyl (C=O) groups excluding carboxylic acids is 1. The van der Waals surface area contributed by atoms with Crippen LogP contribution in [0.25, 0.3) is 0 Å². The van der Waals surface area contributed by atoms with E-state index in [0.717, 1.165) is 24.6 Å². The first-order chi connectivity index (χ1) is 14.1. The summed E-state index contributed by atoms with van der Waals surface area (Å²) in [5, 5.41) is 6.86. The molecular formula is C24H33IN4O. The zero-order chi connectivity index (χ0) is 20.6. The third-order valence-electron chi connectivity index (χ3n) is 5.38. The Balaban J connectivity index is 0.00000320. The van der Waals surface area contributed by atoms with Crippen LogP contribution >= 0.6 is 24.0 Å². The SMILES string of the molecule is CCNC(=NCc1ccc(C(=O)N(C)C)cc1)NCC1CCCc2ccccc21.I. The maximum absolute atomic E-state index is 12.0. The lowest BCUT2D eigenvalue weighted by atomic mass is 9.83. The molecule has 0 heterocycles. The molecule has 1 atom stereocenters. The molecule has 6 heteroatoms. The van der Waals surface area contributed by atoms with Crippen LogP contribution in [0.4, 0.5) is 0 Å². The molecule has 1 amide bonds. The standard InChI is InChI=1S/C24H32N4O.HI/c1-4-25-24(26-16-18-12-14-20(15-13-18)23(29)28(2)3)27-17-21-10-7-9-19-8-5-6-11-22(19)21;/h5-6,8,11-15,21H,4,7,9-10,16-17H2,1-3H3,(H2,25,26,27);1H. The van der Waals surface area contributed by atoms with Gasteiger partial charge in [0.15, 0.2) is 5.96 Å². The normalized spacial score (nSPS) is 15.6. The minimum Gasteiger partial charge on any atom is -0.357 e. The van der Waals surface area contributed by atoms with Crippen molar-refractivity contribution in [2.24, 2.45) is 4.99 Å². The van der Waals surface area contributed by atoms with Crippen LogP contribution in [-0.4, -0.2) is 44.0 Å². The average Bonchev–Trinajstić information content (AvgIpc) is 2.75. The van der Waals surface area contributed by atoms with Crippen LogP contribution in [0.15, 0.2) is 53.5 Å². The van der Waals surface area contributed by atoms with Gasteiger partial charge in [0, 0.05) is 38.7 Å². The van der Waals surface area contributed by atoms with E-state index in [0.29, 0.717) is 18.0 Å². The zero-order valence-corrected chi connectivity index (χ0v) is 20.5. The summed E-state index contributed by atoms with van der Waals surface area (Å²) in [6.45, 7) is 4.37. The lowest BCUT2D eigenvalue weighted by Gasteiger charge is -2.26.